The number of carboxylic acids is 1. The van der Waals surface area contributed by atoms with E-state index in [-0.39, 0.29) is 5.69 Å². The number of hydrogen-bond acceptors (Lipinski definition) is 5. The summed E-state index contributed by atoms with van der Waals surface area (Å²) in [6.45, 7) is 1.74. The smallest absolute Gasteiger partial charge is 0.329 e. The molecule has 0 unspecified atom stereocenters. The highest BCUT2D eigenvalue weighted by molar-refractivity contribution is 5.98. The Balaban J connectivity index is 1.70. The molecule has 2 aromatic heterocycles. The molecule has 1 fully saturated rings. The lowest BCUT2D eigenvalue weighted by Gasteiger charge is -2.37. The molecular formula is C18H17N5O3. The summed E-state index contributed by atoms with van der Waals surface area (Å²) in [5.74, 6) is -1.53. The first-order chi connectivity index (χ1) is 12.5. The third-order valence-corrected chi connectivity index (χ3v) is 4.96. The van der Waals surface area contributed by atoms with Crippen molar-refractivity contribution < 1.29 is 14.7 Å². The number of pyridine rings is 1. The van der Waals surface area contributed by atoms with Crippen molar-refractivity contribution in [2.24, 2.45) is 0 Å². The quantitative estimate of drug-likeness (QED) is 0.742. The average Bonchev–Trinajstić information content (AvgIpc) is 2.98. The summed E-state index contributed by atoms with van der Waals surface area (Å²) in [4.78, 5) is 28.2. The normalized spacial score (nSPS) is 15.4. The van der Waals surface area contributed by atoms with Crippen molar-refractivity contribution in [1.29, 1.82) is 0 Å². The Morgan fingerprint density at radius 3 is 2.77 bits per heavy atom. The fourth-order valence-electron chi connectivity index (χ4n) is 3.26. The second-order valence-electron chi connectivity index (χ2n) is 6.50. The Morgan fingerprint density at radius 2 is 2.08 bits per heavy atom. The van der Waals surface area contributed by atoms with E-state index in [9.17, 15) is 14.7 Å². The van der Waals surface area contributed by atoms with Gasteiger partial charge in [-0.2, -0.15) is 0 Å². The molecule has 1 aliphatic carbocycles. The highest BCUT2D eigenvalue weighted by Crippen LogP contribution is 2.32. The molecule has 8 heteroatoms. The lowest BCUT2D eigenvalue weighted by molar-refractivity contribution is -0.148. The third kappa shape index (κ3) is 2.42. The van der Waals surface area contributed by atoms with Gasteiger partial charge in [-0.15, -0.1) is 5.10 Å². The van der Waals surface area contributed by atoms with Crippen LogP contribution in [0.4, 0.5) is 0 Å². The van der Waals surface area contributed by atoms with Crippen LogP contribution in [0, 0.1) is 6.92 Å². The average molecular weight is 351 g/mol. The van der Waals surface area contributed by atoms with Crippen LogP contribution in [0.3, 0.4) is 0 Å². The Kier molecular flexibility index (Phi) is 3.68. The van der Waals surface area contributed by atoms with Gasteiger partial charge in [-0.25, -0.2) is 9.48 Å². The number of fused-ring (bicyclic) bond motifs is 1. The van der Waals surface area contributed by atoms with Gasteiger partial charge < -0.3 is 10.4 Å². The highest BCUT2D eigenvalue weighted by atomic mass is 16.4. The Bertz CT molecular complexity index is 1020. The number of rotatable bonds is 4. The summed E-state index contributed by atoms with van der Waals surface area (Å²) in [5.41, 5.74) is 0.277. The van der Waals surface area contributed by atoms with E-state index in [4.69, 9.17) is 0 Å². The minimum absolute atomic E-state index is 0.128. The van der Waals surface area contributed by atoms with Crippen LogP contribution in [0.5, 0.6) is 0 Å². The van der Waals surface area contributed by atoms with E-state index in [0.717, 1.165) is 22.9 Å². The summed E-state index contributed by atoms with van der Waals surface area (Å²) in [6.07, 6.45) is 5.09. The molecule has 8 nitrogen and oxygen atoms in total. The first-order valence-electron chi connectivity index (χ1n) is 8.33. The summed E-state index contributed by atoms with van der Waals surface area (Å²) < 4.78 is 1.59. The van der Waals surface area contributed by atoms with Crippen LogP contribution >= 0.6 is 0 Å². The van der Waals surface area contributed by atoms with Crippen LogP contribution in [-0.4, -0.2) is 42.5 Å². The number of carboxylic acid groups (broad SMARTS) is 1. The molecule has 1 aliphatic rings. The molecule has 132 valence electrons. The van der Waals surface area contributed by atoms with Gasteiger partial charge >= 0.3 is 5.97 Å². The summed E-state index contributed by atoms with van der Waals surface area (Å²) in [5, 5.41) is 22.0. The number of nitrogens with zero attached hydrogens (tertiary/aromatic N) is 4. The molecule has 0 spiro atoms. The van der Waals surface area contributed by atoms with Crippen molar-refractivity contribution in [2.75, 3.05) is 0 Å². The van der Waals surface area contributed by atoms with Crippen LogP contribution < -0.4 is 5.32 Å². The standard InChI is InChI=1S/C18H17N5O3/c1-11-15(16(24)20-18(17(25)26)7-3-8-18)21-22-23(11)14-5-2-4-12-10-19-9-6-13(12)14/h2,4-6,9-10H,3,7-8H2,1H3,(H,20,24)(H,25,26). The Labute approximate surface area is 148 Å². The molecular weight excluding hydrogens is 334 g/mol. The largest absolute Gasteiger partial charge is 0.480 e. The van der Waals surface area contributed by atoms with Gasteiger partial charge in [0.2, 0.25) is 0 Å². The molecule has 2 heterocycles. The van der Waals surface area contributed by atoms with Crippen LogP contribution in [0.15, 0.2) is 36.7 Å². The molecule has 0 saturated heterocycles. The van der Waals surface area contributed by atoms with E-state index in [0.29, 0.717) is 18.5 Å². The minimum atomic E-state index is -1.18. The number of amides is 1. The first-order valence-corrected chi connectivity index (χ1v) is 8.33. The topological polar surface area (TPSA) is 110 Å². The van der Waals surface area contributed by atoms with Crippen LogP contribution in [0.25, 0.3) is 16.5 Å². The number of aliphatic carboxylic acids is 1. The van der Waals surface area contributed by atoms with E-state index in [2.05, 4.69) is 20.6 Å². The monoisotopic (exact) mass is 351 g/mol. The Morgan fingerprint density at radius 1 is 1.27 bits per heavy atom. The minimum Gasteiger partial charge on any atom is -0.480 e. The lowest BCUT2D eigenvalue weighted by Crippen LogP contribution is -2.59. The number of aromatic nitrogens is 4. The number of benzene rings is 1. The molecule has 1 amide bonds. The number of hydrogen-bond donors (Lipinski definition) is 2. The molecule has 0 atom stereocenters. The van der Waals surface area contributed by atoms with E-state index >= 15 is 0 Å². The van der Waals surface area contributed by atoms with Crippen molar-refractivity contribution in [2.45, 2.75) is 31.7 Å². The summed E-state index contributed by atoms with van der Waals surface area (Å²) in [7, 11) is 0. The maximum Gasteiger partial charge on any atom is 0.329 e. The van der Waals surface area contributed by atoms with Crippen LogP contribution in [0.2, 0.25) is 0 Å². The van der Waals surface area contributed by atoms with Gasteiger partial charge in [0.15, 0.2) is 5.69 Å². The van der Waals surface area contributed by atoms with Gasteiger partial charge in [0.25, 0.3) is 5.91 Å². The maximum absolute atomic E-state index is 12.6. The van der Waals surface area contributed by atoms with E-state index < -0.39 is 17.4 Å². The van der Waals surface area contributed by atoms with Gasteiger partial charge in [0.1, 0.15) is 5.54 Å². The van der Waals surface area contributed by atoms with Crippen molar-refractivity contribution in [1.82, 2.24) is 25.3 Å². The predicted molar refractivity (Wildman–Crippen MR) is 93.1 cm³/mol. The predicted octanol–water partition coefficient (Wildman–Crippen LogP) is 1.86. The van der Waals surface area contributed by atoms with Crippen molar-refractivity contribution in [3.05, 3.63) is 48.0 Å². The number of carbonyl (C=O) groups excluding carboxylic acids is 1. The van der Waals surface area contributed by atoms with E-state index in [1.165, 1.54) is 0 Å². The van der Waals surface area contributed by atoms with Crippen LogP contribution in [-0.2, 0) is 4.79 Å². The van der Waals surface area contributed by atoms with Gasteiger partial charge in [-0.1, -0.05) is 17.3 Å². The van der Waals surface area contributed by atoms with Gasteiger partial charge in [-0.3, -0.25) is 9.78 Å². The molecule has 26 heavy (non-hydrogen) atoms. The van der Waals surface area contributed by atoms with E-state index in [1.807, 2.05) is 24.3 Å². The molecule has 1 aromatic carbocycles. The van der Waals surface area contributed by atoms with Crippen molar-refractivity contribution >= 4 is 22.6 Å². The van der Waals surface area contributed by atoms with E-state index in [1.54, 1.807) is 24.0 Å². The fourth-order valence-corrected chi connectivity index (χ4v) is 3.26. The molecule has 2 N–H and O–H groups in total. The fraction of sp³-hybridized carbons (Fsp3) is 0.278. The molecule has 0 aliphatic heterocycles. The van der Waals surface area contributed by atoms with Gasteiger partial charge in [0, 0.05) is 23.2 Å². The summed E-state index contributed by atoms with van der Waals surface area (Å²) in [6, 6.07) is 7.59. The van der Waals surface area contributed by atoms with Crippen molar-refractivity contribution in [3.63, 3.8) is 0 Å². The van der Waals surface area contributed by atoms with Gasteiger partial charge in [0.05, 0.1) is 11.4 Å². The zero-order valence-corrected chi connectivity index (χ0v) is 14.1. The van der Waals surface area contributed by atoms with Gasteiger partial charge in [-0.05, 0) is 38.3 Å². The number of nitrogens with one attached hydrogen (secondary N) is 1. The van der Waals surface area contributed by atoms with Crippen LogP contribution in [0.1, 0.15) is 35.4 Å². The molecule has 4 rings (SSSR count). The summed E-state index contributed by atoms with van der Waals surface area (Å²) >= 11 is 0. The highest BCUT2D eigenvalue weighted by Gasteiger charge is 2.46. The molecule has 1 saturated carbocycles. The second kappa shape index (κ2) is 5.91. The second-order valence-corrected chi connectivity index (χ2v) is 6.50. The maximum atomic E-state index is 12.6. The zero-order valence-electron chi connectivity index (χ0n) is 14.1. The first kappa shape index (κ1) is 16.2. The third-order valence-electron chi connectivity index (χ3n) is 4.96. The molecule has 0 bridgehead atoms. The molecule has 0 radical (unpaired) electrons. The Hall–Kier alpha value is -3.29. The van der Waals surface area contributed by atoms with Crippen molar-refractivity contribution in [3.8, 4) is 5.69 Å². The molecule has 3 aromatic rings. The lowest BCUT2D eigenvalue weighted by atomic mass is 9.76. The number of carbonyl (C=O) groups is 2. The SMILES string of the molecule is Cc1c(C(=O)NC2(C(=O)O)CCC2)nnn1-c1cccc2cnccc12. The zero-order chi connectivity index (χ0) is 18.3.